The van der Waals surface area contributed by atoms with E-state index in [2.05, 4.69) is 36.2 Å². The first kappa shape index (κ1) is 15.8. The summed E-state index contributed by atoms with van der Waals surface area (Å²) in [6.07, 6.45) is 7.82. The van der Waals surface area contributed by atoms with Crippen LogP contribution in [0.1, 0.15) is 42.6 Å². The van der Waals surface area contributed by atoms with Gasteiger partial charge in [0.2, 0.25) is 5.91 Å². The summed E-state index contributed by atoms with van der Waals surface area (Å²) >= 11 is 0. The Morgan fingerprint density at radius 1 is 1.35 bits per heavy atom. The zero-order chi connectivity index (χ0) is 16.4. The van der Waals surface area contributed by atoms with Crippen molar-refractivity contribution in [3.05, 3.63) is 53.6 Å². The minimum Gasteiger partial charge on any atom is -0.338 e. The van der Waals surface area contributed by atoms with Crippen LogP contribution in [0.15, 0.2) is 36.7 Å². The lowest BCUT2D eigenvalue weighted by Gasteiger charge is -2.33. The maximum atomic E-state index is 13.3. The molecule has 23 heavy (non-hydrogen) atoms. The first-order valence-electron chi connectivity index (χ1n) is 8.32. The van der Waals surface area contributed by atoms with Crippen LogP contribution in [0.3, 0.4) is 0 Å². The van der Waals surface area contributed by atoms with Crippen molar-refractivity contribution < 1.29 is 4.79 Å². The zero-order valence-electron chi connectivity index (χ0n) is 14.2. The van der Waals surface area contributed by atoms with Crippen molar-refractivity contribution in [2.24, 2.45) is 7.05 Å². The van der Waals surface area contributed by atoms with E-state index in [4.69, 9.17) is 0 Å². The van der Waals surface area contributed by atoms with Crippen LogP contribution in [0.2, 0.25) is 0 Å². The maximum absolute atomic E-state index is 13.3. The molecule has 0 radical (unpaired) electrons. The van der Waals surface area contributed by atoms with Gasteiger partial charge in [0.1, 0.15) is 5.82 Å². The molecule has 0 spiro atoms. The fourth-order valence-corrected chi connectivity index (χ4v) is 3.75. The topological polar surface area (TPSA) is 38.1 Å². The third-order valence-electron chi connectivity index (χ3n) is 5.08. The number of hydrogen-bond donors (Lipinski definition) is 0. The van der Waals surface area contributed by atoms with E-state index in [1.165, 1.54) is 11.1 Å². The first-order valence-corrected chi connectivity index (χ1v) is 8.32. The van der Waals surface area contributed by atoms with Gasteiger partial charge in [-0.3, -0.25) is 4.79 Å². The van der Waals surface area contributed by atoms with Gasteiger partial charge in [0, 0.05) is 26.5 Å². The second-order valence-corrected chi connectivity index (χ2v) is 6.77. The van der Waals surface area contributed by atoms with Crippen LogP contribution in [0.4, 0.5) is 0 Å². The molecule has 0 unspecified atom stereocenters. The zero-order valence-corrected chi connectivity index (χ0v) is 14.2. The number of imidazole rings is 1. The summed E-state index contributed by atoms with van der Waals surface area (Å²) in [4.78, 5) is 19.5. The van der Waals surface area contributed by atoms with Gasteiger partial charge in [-0.1, -0.05) is 42.7 Å². The molecular weight excluding hydrogens is 286 g/mol. The van der Waals surface area contributed by atoms with Gasteiger partial charge in [-0.05, 0) is 25.3 Å². The molecule has 1 aliphatic rings. The normalized spacial score (nSPS) is 16.5. The molecule has 1 aliphatic carbocycles. The number of nitrogens with zero attached hydrogens (tertiary/aromatic N) is 3. The summed E-state index contributed by atoms with van der Waals surface area (Å²) in [5.41, 5.74) is 2.03. The van der Waals surface area contributed by atoms with Gasteiger partial charge in [0.25, 0.3) is 0 Å². The van der Waals surface area contributed by atoms with Crippen molar-refractivity contribution in [2.45, 2.75) is 44.6 Å². The quantitative estimate of drug-likeness (QED) is 0.869. The largest absolute Gasteiger partial charge is 0.338 e. The van der Waals surface area contributed by atoms with Crippen LogP contribution in [0.5, 0.6) is 0 Å². The monoisotopic (exact) mass is 311 g/mol. The summed E-state index contributed by atoms with van der Waals surface area (Å²) in [7, 11) is 3.86. The molecule has 1 saturated carbocycles. The Hall–Kier alpha value is -2.10. The molecule has 1 fully saturated rings. The second-order valence-electron chi connectivity index (χ2n) is 6.77. The second kappa shape index (κ2) is 6.19. The van der Waals surface area contributed by atoms with Crippen LogP contribution in [0.25, 0.3) is 0 Å². The highest BCUT2D eigenvalue weighted by atomic mass is 16.2. The maximum Gasteiger partial charge on any atom is 0.233 e. The number of rotatable bonds is 4. The van der Waals surface area contributed by atoms with Crippen molar-refractivity contribution in [1.82, 2.24) is 14.5 Å². The lowest BCUT2D eigenvalue weighted by Crippen LogP contribution is -2.43. The van der Waals surface area contributed by atoms with E-state index in [-0.39, 0.29) is 11.3 Å². The number of aryl methyl sites for hydroxylation is 2. The van der Waals surface area contributed by atoms with Crippen molar-refractivity contribution in [2.75, 3.05) is 7.05 Å². The van der Waals surface area contributed by atoms with Gasteiger partial charge < -0.3 is 9.47 Å². The van der Waals surface area contributed by atoms with E-state index in [1.54, 1.807) is 6.20 Å². The van der Waals surface area contributed by atoms with E-state index in [1.807, 2.05) is 29.8 Å². The predicted molar refractivity (Wildman–Crippen MR) is 91.0 cm³/mol. The standard InChI is InChI=1S/C19H25N3O/c1-15-7-6-8-16(13-15)19(9-4-5-10-19)18(23)22(3)14-17-20-11-12-21(17)2/h6-8,11-13H,4-5,9-10,14H2,1-3H3. The van der Waals surface area contributed by atoms with Crippen molar-refractivity contribution in [3.8, 4) is 0 Å². The molecule has 3 rings (SSSR count). The molecule has 2 aromatic rings. The fraction of sp³-hybridized carbons (Fsp3) is 0.474. The molecule has 1 aromatic heterocycles. The van der Waals surface area contributed by atoms with Crippen molar-refractivity contribution in [3.63, 3.8) is 0 Å². The summed E-state index contributed by atoms with van der Waals surface area (Å²) in [5, 5.41) is 0. The molecule has 122 valence electrons. The van der Waals surface area contributed by atoms with Crippen LogP contribution < -0.4 is 0 Å². The van der Waals surface area contributed by atoms with Crippen molar-refractivity contribution >= 4 is 5.91 Å². The molecule has 0 aliphatic heterocycles. The number of benzene rings is 1. The molecule has 4 nitrogen and oxygen atoms in total. The van der Waals surface area contributed by atoms with E-state index >= 15 is 0 Å². The van der Waals surface area contributed by atoms with E-state index < -0.39 is 0 Å². The summed E-state index contributed by atoms with van der Waals surface area (Å²) in [6, 6.07) is 8.45. The van der Waals surface area contributed by atoms with Crippen LogP contribution >= 0.6 is 0 Å². The number of aromatic nitrogens is 2. The minimum atomic E-state index is -0.355. The highest BCUT2D eigenvalue weighted by Gasteiger charge is 2.44. The Kier molecular flexibility index (Phi) is 4.24. The molecule has 0 bridgehead atoms. The Morgan fingerprint density at radius 2 is 2.09 bits per heavy atom. The Labute approximate surface area is 138 Å². The van der Waals surface area contributed by atoms with Gasteiger partial charge in [0.05, 0.1) is 12.0 Å². The van der Waals surface area contributed by atoms with Gasteiger partial charge in [-0.25, -0.2) is 4.98 Å². The minimum absolute atomic E-state index is 0.226. The van der Waals surface area contributed by atoms with Crippen LogP contribution in [-0.2, 0) is 23.8 Å². The molecule has 0 N–H and O–H groups in total. The third kappa shape index (κ3) is 2.90. The molecule has 4 heteroatoms. The highest BCUT2D eigenvalue weighted by Crippen LogP contribution is 2.42. The lowest BCUT2D eigenvalue weighted by molar-refractivity contribution is -0.136. The summed E-state index contributed by atoms with van der Waals surface area (Å²) < 4.78 is 1.97. The molecular formula is C19H25N3O. The predicted octanol–water partition coefficient (Wildman–Crippen LogP) is 3.20. The Balaban J connectivity index is 1.88. The summed E-state index contributed by atoms with van der Waals surface area (Å²) in [5.74, 6) is 1.14. The van der Waals surface area contributed by atoms with E-state index in [9.17, 15) is 4.79 Å². The molecule has 1 amide bonds. The molecule has 1 heterocycles. The Morgan fingerprint density at radius 3 is 2.70 bits per heavy atom. The SMILES string of the molecule is Cc1cccc(C2(C(=O)N(C)Cc3nccn3C)CCCC2)c1. The fourth-order valence-electron chi connectivity index (χ4n) is 3.75. The number of carbonyl (C=O) groups is 1. The van der Waals surface area contributed by atoms with Crippen molar-refractivity contribution in [1.29, 1.82) is 0 Å². The molecule has 1 aromatic carbocycles. The van der Waals surface area contributed by atoms with E-state index in [0.717, 1.165) is 31.5 Å². The lowest BCUT2D eigenvalue weighted by atomic mass is 9.77. The average molecular weight is 311 g/mol. The average Bonchev–Trinajstić information content (AvgIpc) is 3.17. The number of hydrogen-bond acceptors (Lipinski definition) is 2. The molecule has 0 saturated heterocycles. The van der Waals surface area contributed by atoms with Gasteiger partial charge >= 0.3 is 0 Å². The molecule has 0 atom stereocenters. The van der Waals surface area contributed by atoms with Gasteiger partial charge in [0.15, 0.2) is 0 Å². The number of amides is 1. The third-order valence-corrected chi connectivity index (χ3v) is 5.08. The highest BCUT2D eigenvalue weighted by molar-refractivity contribution is 5.88. The first-order chi connectivity index (χ1) is 11.0. The number of carbonyl (C=O) groups excluding carboxylic acids is 1. The number of likely N-dealkylation sites (N-methyl/N-ethyl adjacent to an activating group) is 1. The summed E-state index contributed by atoms with van der Waals surface area (Å²) in [6.45, 7) is 2.64. The van der Waals surface area contributed by atoms with Crippen LogP contribution in [0, 0.1) is 6.92 Å². The Bertz CT molecular complexity index is 698. The van der Waals surface area contributed by atoms with Gasteiger partial charge in [-0.15, -0.1) is 0 Å². The van der Waals surface area contributed by atoms with E-state index in [0.29, 0.717) is 6.54 Å². The van der Waals surface area contributed by atoms with Crippen LogP contribution in [-0.4, -0.2) is 27.4 Å². The smallest absolute Gasteiger partial charge is 0.233 e. The van der Waals surface area contributed by atoms with Gasteiger partial charge in [-0.2, -0.15) is 0 Å².